The predicted molar refractivity (Wildman–Crippen MR) is 41.6 cm³/mol. The molecule has 3 amide bonds. The van der Waals surface area contributed by atoms with E-state index in [-0.39, 0.29) is 12.5 Å². The predicted octanol–water partition coefficient (Wildman–Crippen LogP) is -0.377. The molecule has 2 fully saturated rings. The lowest BCUT2D eigenvalue weighted by molar-refractivity contribution is -0.117. The number of urea groups is 1. The number of ether oxygens (including phenoxy) is 1. The molecule has 2 heterocycles. The Morgan fingerprint density at radius 1 is 1.17 bits per heavy atom. The number of amides is 3. The Kier molecular flexibility index (Phi) is 3.53. The van der Waals surface area contributed by atoms with Crippen molar-refractivity contribution in [3.05, 3.63) is 0 Å². The maximum atomic E-state index is 10.1. The summed E-state index contributed by atoms with van der Waals surface area (Å²) < 4.78 is 4.94. The molecule has 0 aromatic heterocycles. The third kappa shape index (κ3) is 3.34. The van der Waals surface area contributed by atoms with Crippen LogP contribution in [0.15, 0.2) is 0 Å². The highest BCUT2D eigenvalue weighted by molar-refractivity contribution is 6.01. The van der Waals surface area contributed by atoms with Gasteiger partial charge in [0.1, 0.15) is 0 Å². The molecule has 0 aliphatic carbocycles. The van der Waals surface area contributed by atoms with Crippen molar-refractivity contribution in [2.75, 3.05) is 19.8 Å². The van der Waals surface area contributed by atoms with E-state index in [2.05, 4.69) is 5.32 Å². The highest BCUT2D eigenvalue weighted by Gasteiger charge is 2.14. The molecular weight excluding hydrogens is 160 g/mol. The molecule has 5 nitrogen and oxygen atoms in total. The fraction of sp³-hybridized carbons (Fsp3) is 0.714. The summed E-state index contributed by atoms with van der Waals surface area (Å²) in [6, 6.07) is -0.398. The van der Waals surface area contributed by atoms with Gasteiger partial charge in [0.2, 0.25) is 5.91 Å². The minimum absolute atomic E-state index is 0.124. The van der Waals surface area contributed by atoms with Crippen LogP contribution in [0.2, 0.25) is 0 Å². The van der Waals surface area contributed by atoms with E-state index >= 15 is 0 Å². The Morgan fingerprint density at radius 3 is 2.00 bits per heavy atom. The first-order valence-electron chi connectivity index (χ1n) is 3.94. The standard InChI is InChI=1S/C4H8O.C3H4N2O2/c1-2-4-5-3-1;6-2-1-4-3(7)5-2/h1-4H2;1H2,(H2,4,5,6,7). The highest BCUT2D eigenvalue weighted by Crippen LogP contribution is 1.98. The highest BCUT2D eigenvalue weighted by atomic mass is 16.5. The van der Waals surface area contributed by atoms with E-state index < -0.39 is 6.03 Å². The van der Waals surface area contributed by atoms with Crippen molar-refractivity contribution in [2.24, 2.45) is 0 Å². The molecule has 2 aliphatic heterocycles. The fourth-order valence-corrected chi connectivity index (χ4v) is 0.886. The van der Waals surface area contributed by atoms with Crippen LogP contribution in [0.3, 0.4) is 0 Å². The second-order valence-corrected chi connectivity index (χ2v) is 2.55. The van der Waals surface area contributed by atoms with Crippen LogP contribution < -0.4 is 10.6 Å². The van der Waals surface area contributed by atoms with Crippen molar-refractivity contribution in [1.82, 2.24) is 10.6 Å². The van der Waals surface area contributed by atoms with E-state index in [0.717, 1.165) is 13.2 Å². The normalized spacial score (nSPS) is 21.0. The minimum Gasteiger partial charge on any atom is -0.381 e. The number of hydrogen-bond acceptors (Lipinski definition) is 3. The number of hydrogen-bond donors (Lipinski definition) is 2. The van der Waals surface area contributed by atoms with Gasteiger partial charge in [0.05, 0.1) is 6.54 Å². The topological polar surface area (TPSA) is 67.4 Å². The quantitative estimate of drug-likeness (QED) is 0.489. The molecule has 68 valence electrons. The average Bonchev–Trinajstić information content (AvgIpc) is 2.63. The maximum absolute atomic E-state index is 10.1. The van der Waals surface area contributed by atoms with Gasteiger partial charge in [0.15, 0.2) is 0 Å². The number of rotatable bonds is 0. The van der Waals surface area contributed by atoms with Crippen LogP contribution in [-0.4, -0.2) is 31.7 Å². The monoisotopic (exact) mass is 172 g/mol. The molecule has 0 unspecified atom stereocenters. The Bertz CT molecular complexity index is 156. The largest absolute Gasteiger partial charge is 0.381 e. The van der Waals surface area contributed by atoms with Crippen LogP contribution in [-0.2, 0) is 9.53 Å². The molecule has 0 radical (unpaired) electrons. The van der Waals surface area contributed by atoms with Crippen LogP contribution >= 0.6 is 0 Å². The van der Waals surface area contributed by atoms with Crippen molar-refractivity contribution in [3.63, 3.8) is 0 Å². The van der Waals surface area contributed by atoms with Crippen LogP contribution in [0.1, 0.15) is 12.8 Å². The van der Waals surface area contributed by atoms with Gasteiger partial charge in [0.25, 0.3) is 0 Å². The summed E-state index contributed by atoms with van der Waals surface area (Å²) in [7, 11) is 0. The summed E-state index contributed by atoms with van der Waals surface area (Å²) in [4.78, 5) is 20.1. The first kappa shape index (κ1) is 8.99. The van der Waals surface area contributed by atoms with E-state index in [1.807, 2.05) is 5.32 Å². The Labute approximate surface area is 70.5 Å². The Morgan fingerprint density at radius 2 is 1.83 bits per heavy atom. The third-order valence-corrected chi connectivity index (χ3v) is 1.49. The van der Waals surface area contributed by atoms with Gasteiger partial charge < -0.3 is 10.1 Å². The minimum atomic E-state index is -0.398. The van der Waals surface area contributed by atoms with Crippen LogP contribution in [0.5, 0.6) is 0 Å². The lowest BCUT2D eigenvalue weighted by atomic mass is 10.4. The molecular formula is C7H12N2O3. The first-order chi connectivity index (χ1) is 5.79. The Balaban J connectivity index is 0.000000127. The summed E-state index contributed by atoms with van der Waals surface area (Å²) >= 11 is 0. The second-order valence-electron chi connectivity index (χ2n) is 2.55. The molecule has 0 aromatic carbocycles. The molecule has 5 heteroatoms. The van der Waals surface area contributed by atoms with Crippen LogP contribution in [0.25, 0.3) is 0 Å². The SMILES string of the molecule is C1CCOC1.O=C1CNC(=O)N1. The maximum Gasteiger partial charge on any atom is 0.321 e. The van der Waals surface area contributed by atoms with E-state index in [1.54, 1.807) is 0 Å². The zero-order valence-corrected chi connectivity index (χ0v) is 6.76. The molecule has 0 spiro atoms. The molecule has 2 saturated heterocycles. The van der Waals surface area contributed by atoms with Crippen molar-refractivity contribution in [2.45, 2.75) is 12.8 Å². The van der Waals surface area contributed by atoms with E-state index in [0.29, 0.717) is 0 Å². The average molecular weight is 172 g/mol. The van der Waals surface area contributed by atoms with E-state index in [1.165, 1.54) is 12.8 Å². The van der Waals surface area contributed by atoms with Crippen molar-refractivity contribution in [3.8, 4) is 0 Å². The number of carbonyl (C=O) groups is 2. The lowest BCUT2D eigenvalue weighted by Gasteiger charge is -1.78. The Hall–Kier alpha value is -1.10. The summed E-state index contributed by atoms with van der Waals surface area (Å²) in [5, 5.41) is 4.30. The molecule has 0 aromatic rings. The molecule has 2 N–H and O–H groups in total. The zero-order valence-electron chi connectivity index (χ0n) is 6.76. The molecule has 12 heavy (non-hydrogen) atoms. The number of carbonyl (C=O) groups excluding carboxylic acids is 2. The van der Waals surface area contributed by atoms with Crippen molar-refractivity contribution >= 4 is 11.9 Å². The van der Waals surface area contributed by atoms with Crippen molar-refractivity contribution in [1.29, 1.82) is 0 Å². The molecule has 2 rings (SSSR count). The van der Waals surface area contributed by atoms with Gasteiger partial charge >= 0.3 is 6.03 Å². The number of nitrogens with one attached hydrogen (secondary N) is 2. The molecule has 2 aliphatic rings. The summed E-state index contributed by atoms with van der Waals surface area (Å²) in [6.45, 7) is 2.12. The van der Waals surface area contributed by atoms with Gasteiger partial charge in [0, 0.05) is 13.2 Å². The van der Waals surface area contributed by atoms with Gasteiger partial charge in [-0.1, -0.05) is 0 Å². The van der Waals surface area contributed by atoms with Crippen LogP contribution in [0, 0.1) is 0 Å². The van der Waals surface area contributed by atoms with Crippen LogP contribution in [0.4, 0.5) is 4.79 Å². The number of imide groups is 1. The first-order valence-corrected chi connectivity index (χ1v) is 3.94. The lowest BCUT2D eigenvalue weighted by Crippen LogP contribution is -2.22. The fourth-order valence-electron chi connectivity index (χ4n) is 0.886. The molecule has 0 atom stereocenters. The zero-order chi connectivity index (χ0) is 8.81. The third-order valence-electron chi connectivity index (χ3n) is 1.49. The summed E-state index contributed by atoms with van der Waals surface area (Å²) in [5.41, 5.74) is 0. The van der Waals surface area contributed by atoms with Gasteiger partial charge in [-0.2, -0.15) is 0 Å². The van der Waals surface area contributed by atoms with Gasteiger partial charge in [-0.3, -0.25) is 10.1 Å². The molecule has 0 saturated carbocycles. The van der Waals surface area contributed by atoms with Crippen molar-refractivity contribution < 1.29 is 14.3 Å². The molecule has 0 bridgehead atoms. The summed E-state index contributed by atoms with van der Waals surface area (Å²) in [6.07, 6.45) is 2.56. The summed E-state index contributed by atoms with van der Waals surface area (Å²) in [5.74, 6) is -0.259. The smallest absolute Gasteiger partial charge is 0.321 e. The van der Waals surface area contributed by atoms with Gasteiger partial charge in [-0.05, 0) is 12.8 Å². The second kappa shape index (κ2) is 4.71. The van der Waals surface area contributed by atoms with Gasteiger partial charge in [-0.15, -0.1) is 0 Å². The van der Waals surface area contributed by atoms with E-state index in [9.17, 15) is 9.59 Å². The van der Waals surface area contributed by atoms with Gasteiger partial charge in [-0.25, -0.2) is 4.79 Å². The van der Waals surface area contributed by atoms with E-state index in [4.69, 9.17) is 4.74 Å².